The molecule has 0 saturated carbocycles. The van der Waals surface area contributed by atoms with Crippen LogP contribution < -0.4 is 20.3 Å². The molecule has 1 aliphatic rings. The normalized spacial score (nSPS) is 13.7. The average Bonchev–Trinajstić information content (AvgIpc) is 3.26. The number of ether oxygens (including phenoxy) is 1. The predicted octanol–water partition coefficient (Wildman–Crippen LogP) is 5.22. The number of amides is 1. The van der Waals surface area contributed by atoms with Crippen molar-refractivity contribution in [3.63, 3.8) is 0 Å². The van der Waals surface area contributed by atoms with Crippen molar-refractivity contribution in [2.45, 2.75) is 32.4 Å². The number of carbonyl (C=O) groups excluding carboxylic acids is 1. The zero-order valence-corrected chi connectivity index (χ0v) is 17.9. The first-order valence-electron chi connectivity index (χ1n) is 10.1. The second kappa shape index (κ2) is 10.00. The standard InChI is InChI=1S/C22H24F3N3O2S/c1-2-12-30-17-7-5-6-15(13-17)20(29)27-21(31)26-18-14-16(22(23,24)25)8-9-19(18)28-10-3-4-11-28/h5-9,13-14H,2-4,10-12H2,1H3,(H2,26,27,29,31). The van der Waals surface area contributed by atoms with Gasteiger partial charge in [0.2, 0.25) is 0 Å². The van der Waals surface area contributed by atoms with Gasteiger partial charge in [0.25, 0.3) is 5.91 Å². The van der Waals surface area contributed by atoms with E-state index >= 15 is 0 Å². The van der Waals surface area contributed by atoms with Gasteiger partial charge in [0.15, 0.2) is 5.11 Å². The molecule has 0 spiro atoms. The molecule has 1 amide bonds. The smallest absolute Gasteiger partial charge is 0.416 e. The molecule has 5 nitrogen and oxygen atoms in total. The van der Waals surface area contributed by atoms with Gasteiger partial charge in [0.05, 0.1) is 23.5 Å². The number of hydrogen-bond donors (Lipinski definition) is 2. The summed E-state index contributed by atoms with van der Waals surface area (Å²) in [5.74, 6) is 0.0803. The van der Waals surface area contributed by atoms with E-state index in [1.807, 2.05) is 11.8 Å². The lowest BCUT2D eigenvalue weighted by Crippen LogP contribution is -2.34. The SMILES string of the molecule is CCCOc1cccc(C(=O)NC(=S)Nc2cc(C(F)(F)F)ccc2N2CCCC2)c1. The third-order valence-electron chi connectivity index (χ3n) is 4.81. The number of carbonyl (C=O) groups is 1. The van der Waals surface area contributed by atoms with Crippen molar-refractivity contribution >= 4 is 34.6 Å². The van der Waals surface area contributed by atoms with Crippen LogP contribution in [0.2, 0.25) is 0 Å². The lowest BCUT2D eigenvalue weighted by atomic mass is 10.1. The number of hydrogen-bond acceptors (Lipinski definition) is 4. The van der Waals surface area contributed by atoms with Gasteiger partial charge in [-0.15, -0.1) is 0 Å². The first-order chi connectivity index (χ1) is 14.8. The number of benzene rings is 2. The van der Waals surface area contributed by atoms with Crippen LogP contribution in [0.4, 0.5) is 24.5 Å². The second-order valence-electron chi connectivity index (χ2n) is 7.21. The van der Waals surface area contributed by atoms with Gasteiger partial charge in [-0.3, -0.25) is 10.1 Å². The Morgan fingerprint density at radius 3 is 2.58 bits per heavy atom. The van der Waals surface area contributed by atoms with Gasteiger partial charge in [0, 0.05) is 18.7 Å². The lowest BCUT2D eigenvalue weighted by molar-refractivity contribution is -0.137. The molecule has 0 atom stereocenters. The molecule has 1 fully saturated rings. The van der Waals surface area contributed by atoms with E-state index in [9.17, 15) is 18.0 Å². The number of nitrogens with one attached hydrogen (secondary N) is 2. The van der Waals surface area contributed by atoms with Gasteiger partial charge >= 0.3 is 6.18 Å². The highest BCUT2D eigenvalue weighted by Crippen LogP contribution is 2.36. The third-order valence-corrected chi connectivity index (χ3v) is 5.02. The molecule has 2 aromatic carbocycles. The van der Waals surface area contributed by atoms with E-state index in [0.717, 1.165) is 44.5 Å². The van der Waals surface area contributed by atoms with E-state index in [2.05, 4.69) is 10.6 Å². The summed E-state index contributed by atoms with van der Waals surface area (Å²) in [5.41, 5.74) is 0.383. The van der Waals surface area contributed by atoms with Crippen LogP contribution in [0.3, 0.4) is 0 Å². The lowest BCUT2D eigenvalue weighted by Gasteiger charge is -2.23. The van der Waals surface area contributed by atoms with Crippen LogP contribution in [0.1, 0.15) is 42.1 Å². The zero-order chi connectivity index (χ0) is 22.4. The molecule has 1 heterocycles. The van der Waals surface area contributed by atoms with Crippen LogP contribution in [0.5, 0.6) is 5.75 Å². The Labute approximate surface area is 184 Å². The number of nitrogens with zero attached hydrogens (tertiary/aromatic N) is 1. The molecule has 1 saturated heterocycles. The highest BCUT2D eigenvalue weighted by atomic mass is 32.1. The van der Waals surface area contributed by atoms with E-state index in [1.54, 1.807) is 24.3 Å². The maximum absolute atomic E-state index is 13.2. The molecule has 1 aliphatic heterocycles. The monoisotopic (exact) mass is 451 g/mol. The van der Waals surface area contributed by atoms with Crippen molar-refractivity contribution in [1.29, 1.82) is 0 Å². The Balaban J connectivity index is 1.75. The largest absolute Gasteiger partial charge is 0.494 e. The summed E-state index contributed by atoms with van der Waals surface area (Å²) in [6.45, 7) is 4.01. The Hall–Kier alpha value is -2.81. The van der Waals surface area contributed by atoms with Crippen molar-refractivity contribution in [3.05, 3.63) is 53.6 Å². The number of anilines is 2. The van der Waals surface area contributed by atoms with Gasteiger partial charge in [-0.2, -0.15) is 13.2 Å². The topological polar surface area (TPSA) is 53.6 Å². The van der Waals surface area contributed by atoms with Crippen molar-refractivity contribution in [2.75, 3.05) is 29.9 Å². The Bertz CT molecular complexity index is 944. The van der Waals surface area contributed by atoms with E-state index in [1.165, 1.54) is 6.07 Å². The van der Waals surface area contributed by atoms with E-state index in [0.29, 0.717) is 23.6 Å². The van der Waals surface area contributed by atoms with Crippen LogP contribution in [0, 0.1) is 0 Å². The maximum atomic E-state index is 13.2. The molecule has 3 rings (SSSR count). The van der Waals surface area contributed by atoms with E-state index in [4.69, 9.17) is 17.0 Å². The zero-order valence-electron chi connectivity index (χ0n) is 17.1. The van der Waals surface area contributed by atoms with E-state index < -0.39 is 17.6 Å². The number of alkyl halides is 3. The van der Waals surface area contributed by atoms with Crippen LogP contribution in [-0.4, -0.2) is 30.7 Å². The molecule has 0 aliphatic carbocycles. The summed E-state index contributed by atoms with van der Waals surface area (Å²) in [6.07, 6.45) is -1.71. The van der Waals surface area contributed by atoms with Crippen LogP contribution in [0.15, 0.2) is 42.5 Å². The van der Waals surface area contributed by atoms with Crippen molar-refractivity contribution in [2.24, 2.45) is 0 Å². The molecule has 166 valence electrons. The molecule has 0 aromatic heterocycles. The number of rotatable bonds is 6. The van der Waals surface area contributed by atoms with Gasteiger partial charge in [-0.05, 0) is 67.9 Å². The summed E-state index contributed by atoms with van der Waals surface area (Å²) >= 11 is 5.21. The van der Waals surface area contributed by atoms with Crippen LogP contribution in [-0.2, 0) is 6.18 Å². The summed E-state index contributed by atoms with van der Waals surface area (Å²) in [5, 5.41) is 5.23. The third kappa shape index (κ3) is 6.10. The minimum absolute atomic E-state index is 0.0790. The van der Waals surface area contributed by atoms with Crippen molar-refractivity contribution in [1.82, 2.24) is 5.32 Å². The highest BCUT2D eigenvalue weighted by Gasteiger charge is 2.32. The Morgan fingerprint density at radius 1 is 1.16 bits per heavy atom. The quantitative estimate of drug-likeness (QED) is 0.590. The fourth-order valence-corrected chi connectivity index (χ4v) is 3.52. The van der Waals surface area contributed by atoms with E-state index in [-0.39, 0.29) is 10.8 Å². The molecule has 9 heteroatoms. The van der Waals surface area contributed by atoms with Gasteiger partial charge in [-0.25, -0.2) is 0 Å². The van der Waals surface area contributed by atoms with Gasteiger partial charge < -0.3 is 15.0 Å². The molecular weight excluding hydrogens is 427 g/mol. The highest BCUT2D eigenvalue weighted by molar-refractivity contribution is 7.80. The average molecular weight is 452 g/mol. The number of halogens is 3. The minimum atomic E-state index is -4.48. The molecule has 2 aromatic rings. The summed E-state index contributed by atoms with van der Waals surface area (Å²) in [7, 11) is 0. The number of thiocarbonyl (C=S) groups is 1. The summed E-state index contributed by atoms with van der Waals surface area (Å²) in [4.78, 5) is 14.6. The van der Waals surface area contributed by atoms with Gasteiger partial charge in [-0.1, -0.05) is 13.0 Å². The predicted molar refractivity (Wildman–Crippen MR) is 119 cm³/mol. The molecule has 31 heavy (non-hydrogen) atoms. The maximum Gasteiger partial charge on any atom is 0.416 e. The van der Waals surface area contributed by atoms with Crippen molar-refractivity contribution in [3.8, 4) is 5.75 Å². The fourth-order valence-electron chi connectivity index (χ4n) is 3.32. The molecule has 0 bridgehead atoms. The Kier molecular flexibility index (Phi) is 7.37. The van der Waals surface area contributed by atoms with Crippen molar-refractivity contribution < 1.29 is 22.7 Å². The fraction of sp³-hybridized carbons (Fsp3) is 0.364. The minimum Gasteiger partial charge on any atom is -0.494 e. The van der Waals surface area contributed by atoms with Crippen LogP contribution >= 0.6 is 12.2 Å². The van der Waals surface area contributed by atoms with Gasteiger partial charge in [0.1, 0.15) is 5.75 Å². The summed E-state index contributed by atoms with van der Waals surface area (Å²) < 4.78 is 45.2. The molecule has 2 N–H and O–H groups in total. The molecule has 0 unspecified atom stereocenters. The molecule has 0 radical (unpaired) electrons. The first kappa shape index (κ1) is 22.9. The second-order valence-corrected chi connectivity index (χ2v) is 7.62. The summed E-state index contributed by atoms with van der Waals surface area (Å²) in [6, 6.07) is 10.1. The first-order valence-corrected chi connectivity index (χ1v) is 10.5. The Morgan fingerprint density at radius 2 is 1.90 bits per heavy atom. The molecular formula is C22H24F3N3O2S. The van der Waals surface area contributed by atoms with Crippen LogP contribution in [0.25, 0.3) is 0 Å².